The predicted octanol–water partition coefficient (Wildman–Crippen LogP) is 2.62. The Morgan fingerprint density at radius 2 is 1.95 bits per heavy atom. The minimum Gasteiger partial charge on any atom is -0.445 e. The van der Waals surface area contributed by atoms with Gasteiger partial charge in [-0.1, -0.05) is 23.8 Å². The topological polar surface area (TPSA) is 41.6 Å². The fourth-order valence-electron chi connectivity index (χ4n) is 2.71. The van der Waals surface area contributed by atoms with E-state index in [4.69, 9.17) is 4.74 Å². The van der Waals surface area contributed by atoms with Gasteiger partial charge in [-0.05, 0) is 38.8 Å². The first-order valence-electron chi connectivity index (χ1n) is 7.21. The van der Waals surface area contributed by atoms with Crippen molar-refractivity contribution in [3.05, 3.63) is 34.9 Å². The second-order valence-corrected chi connectivity index (χ2v) is 5.75. The van der Waals surface area contributed by atoms with Gasteiger partial charge in [-0.15, -0.1) is 0 Å². The Morgan fingerprint density at radius 1 is 1.30 bits per heavy atom. The largest absolute Gasteiger partial charge is 0.445 e. The summed E-state index contributed by atoms with van der Waals surface area (Å²) in [5.74, 6) is 0. The van der Waals surface area contributed by atoms with Gasteiger partial charge in [0.25, 0.3) is 0 Å². The first kappa shape index (κ1) is 14.9. The summed E-state index contributed by atoms with van der Waals surface area (Å²) in [6.07, 6.45) is -0.216. The number of amides is 1. The summed E-state index contributed by atoms with van der Waals surface area (Å²) in [7, 11) is 0. The molecule has 1 fully saturated rings. The van der Waals surface area contributed by atoms with Crippen molar-refractivity contribution in [2.45, 2.75) is 46.4 Å². The van der Waals surface area contributed by atoms with Gasteiger partial charge < -0.3 is 15.0 Å². The molecule has 0 bridgehead atoms. The third kappa shape index (κ3) is 3.31. The Morgan fingerprint density at radius 3 is 2.55 bits per heavy atom. The summed E-state index contributed by atoms with van der Waals surface area (Å²) in [4.78, 5) is 14.1. The van der Waals surface area contributed by atoms with E-state index in [0.717, 1.165) is 18.7 Å². The average molecular weight is 276 g/mol. The standard InChI is InChI=1S/C16H24N2O2/c1-11-5-6-15(12(2)7-11)10-20-16(19)18-13(3)8-17-9-14(18)4/h5-7,13-14,17H,8-10H2,1-4H3. The molecule has 1 aliphatic rings. The Labute approximate surface area is 121 Å². The number of carbonyl (C=O) groups is 1. The van der Waals surface area contributed by atoms with Crippen molar-refractivity contribution in [3.63, 3.8) is 0 Å². The van der Waals surface area contributed by atoms with E-state index in [1.165, 1.54) is 11.1 Å². The van der Waals surface area contributed by atoms with E-state index in [-0.39, 0.29) is 18.2 Å². The average Bonchev–Trinajstić information content (AvgIpc) is 2.37. The quantitative estimate of drug-likeness (QED) is 0.903. The van der Waals surface area contributed by atoms with E-state index in [2.05, 4.69) is 18.3 Å². The summed E-state index contributed by atoms with van der Waals surface area (Å²) < 4.78 is 5.49. The van der Waals surface area contributed by atoms with Gasteiger partial charge in [-0.2, -0.15) is 0 Å². The maximum absolute atomic E-state index is 12.2. The van der Waals surface area contributed by atoms with Gasteiger partial charge in [-0.25, -0.2) is 4.79 Å². The molecular weight excluding hydrogens is 252 g/mol. The van der Waals surface area contributed by atoms with Crippen molar-refractivity contribution in [2.75, 3.05) is 13.1 Å². The van der Waals surface area contributed by atoms with Gasteiger partial charge in [0.1, 0.15) is 6.61 Å². The molecule has 1 heterocycles. The molecule has 4 nitrogen and oxygen atoms in total. The maximum atomic E-state index is 12.2. The Balaban J connectivity index is 1.97. The molecule has 1 aliphatic heterocycles. The van der Waals surface area contributed by atoms with Gasteiger partial charge in [0.05, 0.1) is 0 Å². The zero-order chi connectivity index (χ0) is 14.7. The van der Waals surface area contributed by atoms with Crippen LogP contribution in [0.2, 0.25) is 0 Å². The molecule has 0 saturated carbocycles. The van der Waals surface area contributed by atoms with Gasteiger partial charge in [0, 0.05) is 25.2 Å². The lowest BCUT2D eigenvalue weighted by Crippen LogP contribution is -2.57. The number of benzene rings is 1. The van der Waals surface area contributed by atoms with Crippen molar-refractivity contribution >= 4 is 6.09 Å². The van der Waals surface area contributed by atoms with Crippen LogP contribution in [-0.2, 0) is 11.3 Å². The van der Waals surface area contributed by atoms with Crippen LogP contribution in [-0.4, -0.2) is 36.2 Å². The molecule has 1 saturated heterocycles. The number of hydrogen-bond acceptors (Lipinski definition) is 3. The summed E-state index contributed by atoms with van der Waals surface area (Å²) in [5, 5.41) is 3.31. The number of carbonyl (C=O) groups excluding carboxylic acids is 1. The predicted molar refractivity (Wildman–Crippen MR) is 79.7 cm³/mol. The van der Waals surface area contributed by atoms with Crippen LogP contribution >= 0.6 is 0 Å². The lowest BCUT2D eigenvalue weighted by atomic mass is 10.1. The second kappa shape index (κ2) is 6.27. The molecule has 2 unspecified atom stereocenters. The normalized spacial score (nSPS) is 22.7. The van der Waals surface area contributed by atoms with Crippen LogP contribution in [0.5, 0.6) is 0 Å². The van der Waals surface area contributed by atoms with Crippen molar-refractivity contribution in [1.82, 2.24) is 10.2 Å². The van der Waals surface area contributed by atoms with Crippen molar-refractivity contribution in [3.8, 4) is 0 Å². The van der Waals surface area contributed by atoms with E-state index in [1.54, 1.807) is 0 Å². The summed E-state index contributed by atoms with van der Waals surface area (Å²) >= 11 is 0. The van der Waals surface area contributed by atoms with E-state index in [0.29, 0.717) is 6.61 Å². The molecule has 110 valence electrons. The number of hydrogen-bond donors (Lipinski definition) is 1. The van der Waals surface area contributed by atoms with Crippen LogP contribution in [0.3, 0.4) is 0 Å². The van der Waals surface area contributed by atoms with Crippen LogP contribution in [0, 0.1) is 13.8 Å². The van der Waals surface area contributed by atoms with Crippen LogP contribution in [0.25, 0.3) is 0 Å². The molecule has 1 aromatic carbocycles. The van der Waals surface area contributed by atoms with Gasteiger partial charge in [0.2, 0.25) is 0 Å². The highest BCUT2D eigenvalue weighted by molar-refractivity contribution is 5.68. The minimum absolute atomic E-state index is 0.172. The number of ether oxygens (including phenoxy) is 1. The monoisotopic (exact) mass is 276 g/mol. The molecule has 4 heteroatoms. The zero-order valence-electron chi connectivity index (χ0n) is 12.8. The number of rotatable bonds is 2. The van der Waals surface area contributed by atoms with Crippen molar-refractivity contribution < 1.29 is 9.53 Å². The molecule has 20 heavy (non-hydrogen) atoms. The number of piperazine rings is 1. The van der Waals surface area contributed by atoms with Crippen LogP contribution < -0.4 is 5.32 Å². The molecule has 1 N–H and O–H groups in total. The molecule has 0 spiro atoms. The zero-order valence-corrected chi connectivity index (χ0v) is 12.8. The Kier molecular flexibility index (Phi) is 4.65. The molecule has 0 aliphatic carbocycles. The fraction of sp³-hybridized carbons (Fsp3) is 0.562. The van der Waals surface area contributed by atoms with Crippen LogP contribution in [0.1, 0.15) is 30.5 Å². The van der Waals surface area contributed by atoms with E-state index in [9.17, 15) is 4.79 Å². The molecule has 2 rings (SSSR count). The lowest BCUT2D eigenvalue weighted by molar-refractivity contribution is 0.0563. The summed E-state index contributed by atoms with van der Waals surface area (Å²) in [5.41, 5.74) is 3.46. The number of nitrogens with one attached hydrogen (secondary N) is 1. The smallest absolute Gasteiger partial charge is 0.410 e. The van der Waals surface area contributed by atoms with Crippen LogP contribution in [0.15, 0.2) is 18.2 Å². The molecule has 1 aromatic rings. The molecule has 0 aromatic heterocycles. The maximum Gasteiger partial charge on any atom is 0.410 e. The number of nitrogens with zero attached hydrogens (tertiary/aromatic N) is 1. The van der Waals surface area contributed by atoms with E-state index < -0.39 is 0 Å². The minimum atomic E-state index is -0.216. The summed E-state index contributed by atoms with van der Waals surface area (Å²) in [6, 6.07) is 6.53. The Bertz CT molecular complexity index is 477. The third-order valence-electron chi connectivity index (χ3n) is 3.89. The molecule has 2 atom stereocenters. The highest BCUT2D eigenvalue weighted by Gasteiger charge is 2.29. The first-order valence-corrected chi connectivity index (χ1v) is 7.21. The lowest BCUT2D eigenvalue weighted by Gasteiger charge is -2.38. The van der Waals surface area contributed by atoms with Gasteiger partial charge in [-0.3, -0.25) is 0 Å². The highest BCUT2D eigenvalue weighted by atomic mass is 16.6. The summed E-state index contributed by atoms with van der Waals surface area (Å²) in [6.45, 7) is 10.2. The fourth-order valence-corrected chi connectivity index (χ4v) is 2.71. The third-order valence-corrected chi connectivity index (χ3v) is 3.89. The van der Waals surface area contributed by atoms with Crippen molar-refractivity contribution in [1.29, 1.82) is 0 Å². The molecule has 1 amide bonds. The van der Waals surface area contributed by atoms with Gasteiger partial charge >= 0.3 is 6.09 Å². The van der Waals surface area contributed by atoms with E-state index >= 15 is 0 Å². The van der Waals surface area contributed by atoms with Gasteiger partial charge in [0.15, 0.2) is 0 Å². The van der Waals surface area contributed by atoms with Crippen LogP contribution in [0.4, 0.5) is 4.79 Å². The number of aryl methyl sites for hydroxylation is 2. The second-order valence-electron chi connectivity index (χ2n) is 5.75. The van der Waals surface area contributed by atoms with Crippen molar-refractivity contribution in [2.24, 2.45) is 0 Å². The first-order chi connectivity index (χ1) is 9.49. The molecular formula is C16H24N2O2. The van der Waals surface area contributed by atoms with E-state index in [1.807, 2.05) is 37.8 Å². The molecule has 0 radical (unpaired) electrons. The SMILES string of the molecule is Cc1ccc(COC(=O)N2C(C)CNCC2C)c(C)c1. The Hall–Kier alpha value is -1.55. The highest BCUT2D eigenvalue weighted by Crippen LogP contribution is 2.15.